The van der Waals surface area contributed by atoms with E-state index in [1.165, 1.54) is 11.4 Å². The molecule has 7 nitrogen and oxygen atoms in total. The second kappa shape index (κ2) is 8.01. The predicted octanol–water partition coefficient (Wildman–Crippen LogP) is 2.27. The van der Waals surface area contributed by atoms with E-state index >= 15 is 0 Å². The molecule has 0 amide bonds. The molecule has 0 N–H and O–H groups in total. The average molecular weight is 377 g/mol. The molecular formula is C18H23N3O4S. The first-order valence-corrected chi connectivity index (χ1v) is 9.98. The summed E-state index contributed by atoms with van der Waals surface area (Å²) in [4.78, 5) is 8.49. The lowest BCUT2D eigenvalue weighted by Crippen LogP contribution is -2.41. The van der Waals surface area contributed by atoms with Crippen molar-refractivity contribution in [3.8, 4) is 11.8 Å². The Kier molecular flexibility index (Phi) is 5.73. The van der Waals surface area contributed by atoms with Crippen molar-refractivity contribution in [1.82, 2.24) is 14.3 Å². The van der Waals surface area contributed by atoms with Crippen LogP contribution < -0.4 is 9.47 Å². The molecule has 8 heteroatoms. The van der Waals surface area contributed by atoms with Crippen LogP contribution in [0.4, 0.5) is 0 Å². The van der Waals surface area contributed by atoms with Crippen LogP contribution in [0.5, 0.6) is 11.8 Å². The lowest BCUT2D eigenvalue weighted by molar-refractivity contribution is 0.171. The topological polar surface area (TPSA) is 81.6 Å². The predicted molar refractivity (Wildman–Crippen MR) is 96.7 cm³/mol. The third kappa shape index (κ3) is 4.31. The third-order valence-corrected chi connectivity index (χ3v) is 6.23. The van der Waals surface area contributed by atoms with Gasteiger partial charge in [0.05, 0.1) is 18.6 Å². The van der Waals surface area contributed by atoms with Crippen LogP contribution in [0.25, 0.3) is 0 Å². The van der Waals surface area contributed by atoms with Gasteiger partial charge in [0.1, 0.15) is 5.75 Å². The van der Waals surface area contributed by atoms with Gasteiger partial charge in [-0.1, -0.05) is 6.07 Å². The van der Waals surface area contributed by atoms with Crippen molar-refractivity contribution in [3.63, 3.8) is 0 Å². The Morgan fingerprint density at radius 3 is 2.77 bits per heavy atom. The van der Waals surface area contributed by atoms with Gasteiger partial charge >= 0.3 is 6.01 Å². The molecule has 1 fully saturated rings. The van der Waals surface area contributed by atoms with Crippen molar-refractivity contribution in [1.29, 1.82) is 0 Å². The van der Waals surface area contributed by atoms with Gasteiger partial charge in [0, 0.05) is 37.5 Å². The van der Waals surface area contributed by atoms with Gasteiger partial charge < -0.3 is 9.47 Å². The number of benzene rings is 1. The fourth-order valence-electron chi connectivity index (χ4n) is 2.94. The van der Waals surface area contributed by atoms with E-state index in [1.54, 1.807) is 36.7 Å². The zero-order valence-corrected chi connectivity index (χ0v) is 15.8. The molecule has 3 rings (SSSR count). The molecule has 2 aromatic rings. The normalized spacial score (nSPS) is 18.5. The Labute approximate surface area is 154 Å². The maximum Gasteiger partial charge on any atom is 0.316 e. The number of aromatic nitrogens is 2. The van der Waals surface area contributed by atoms with Crippen molar-refractivity contribution < 1.29 is 17.9 Å². The Morgan fingerprint density at radius 1 is 1.27 bits per heavy atom. The van der Waals surface area contributed by atoms with Gasteiger partial charge in [-0.2, -0.15) is 4.31 Å². The van der Waals surface area contributed by atoms with Crippen LogP contribution in [0.3, 0.4) is 0 Å². The largest absolute Gasteiger partial charge is 0.497 e. The van der Waals surface area contributed by atoms with Gasteiger partial charge in [0.15, 0.2) is 0 Å². The SMILES string of the molecule is COc1cccc(S(=O)(=O)N2CCCC(COc3ncc(C)cn3)C2)c1. The van der Waals surface area contributed by atoms with Gasteiger partial charge in [-0.3, -0.25) is 0 Å². The summed E-state index contributed by atoms with van der Waals surface area (Å²) < 4.78 is 38.1. The first kappa shape index (κ1) is 18.6. The number of rotatable bonds is 6. The quantitative estimate of drug-likeness (QED) is 0.768. The zero-order chi connectivity index (χ0) is 18.6. The molecule has 140 valence electrons. The van der Waals surface area contributed by atoms with Crippen LogP contribution in [0.2, 0.25) is 0 Å². The number of piperidine rings is 1. The van der Waals surface area contributed by atoms with Gasteiger partial charge in [0.25, 0.3) is 0 Å². The van der Waals surface area contributed by atoms with E-state index in [1.807, 2.05) is 6.92 Å². The maximum absolute atomic E-state index is 12.9. The number of aryl methyl sites for hydroxylation is 1. The number of nitrogens with zero attached hydrogens (tertiary/aromatic N) is 3. The summed E-state index contributed by atoms with van der Waals surface area (Å²) in [7, 11) is -2.03. The second-order valence-corrected chi connectivity index (χ2v) is 8.34. The lowest BCUT2D eigenvalue weighted by atomic mass is 10.0. The molecule has 26 heavy (non-hydrogen) atoms. The monoisotopic (exact) mass is 377 g/mol. The Bertz CT molecular complexity index is 840. The maximum atomic E-state index is 12.9. The first-order valence-electron chi connectivity index (χ1n) is 8.54. The van der Waals surface area contributed by atoms with Crippen molar-refractivity contribution in [2.45, 2.75) is 24.7 Å². The summed E-state index contributed by atoms with van der Waals surface area (Å²) >= 11 is 0. The van der Waals surface area contributed by atoms with Gasteiger partial charge in [-0.05, 0) is 37.5 Å². The summed E-state index contributed by atoms with van der Waals surface area (Å²) in [5.74, 6) is 0.633. The van der Waals surface area contributed by atoms with Crippen molar-refractivity contribution in [3.05, 3.63) is 42.2 Å². The second-order valence-electron chi connectivity index (χ2n) is 6.40. The molecule has 2 heterocycles. The number of methoxy groups -OCH3 is 1. The molecule has 1 aliphatic rings. The summed E-state index contributed by atoms with van der Waals surface area (Å²) in [5.41, 5.74) is 0.963. The summed E-state index contributed by atoms with van der Waals surface area (Å²) in [6, 6.07) is 6.88. The van der Waals surface area contributed by atoms with Crippen molar-refractivity contribution in [2.24, 2.45) is 5.92 Å². The van der Waals surface area contributed by atoms with Gasteiger partial charge in [0.2, 0.25) is 10.0 Å². The molecule has 0 bridgehead atoms. The van der Waals surface area contributed by atoms with Crippen molar-refractivity contribution in [2.75, 3.05) is 26.8 Å². The fraction of sp³-hybridized carbons (Fsp3) is 0.444. The highest BCUT2D eigenvalue weighted by Crippen LogP contribution is 2.26. The van der Waals surface area contributed by atoms with E-state index in [-0.39, 0.29) is 10.8 Å². The van der Waals surface area contributed by atoms with E-state index in [0.29, 0.717) is 31.5 Å². The molecule has 0 aliphatic carbocycles. The van der Waals surface area contributed by atoms with Crippen LogP contribution in [0.15, 0.2) is 41.6 Å². The lowest BCUT2D eigenvalue weighted by Gasteiger charge is -2.31. The minimum Gasteiger partial charge on any atom is -0.497 e. The molecule has 0 radical (unpaired) electrons. The van der Waals surface area contributed by atoms with Gasteiger partial charge in [-0.25, -0.2) is 18.4 Å². The van der Waals surface area contributed by atoms with Crippen LogP contribution in [0.1, 0.15) is 18.4 Å². The molecule has 0 saturated carbocycles. The minimum atomic E-state index is -3.55. The Morgan fingerprint density at radius 2 is 2.04 bits per heavy atom. The molecule has 1 unspecified atom stereocenters. The molecule has 1 aliphatic heterocycles. The fourth-order valence-corrected chi connectivity index (χ4v) is 4.53. The van der Waals surface area contributed by atoms with E-state index in [2.05, 4.69) is 9.97 Å². The van der Waals surface area contributed by atoms with Crippen LogP contribution in [-0.2, 0) is 10.0 Å². The Hall–Kier alpha value is -2.19. The van der Waals surface area contributed by atoms with E-state index in [4.69, 9.17) is 9.47 Å². The first-order chi connectivity index (χ1) is 12.5. The van der Waals surface area contributed by atoms with E-state index in [0.717, 1.165) is 18.4 Å². The highest BCUT2D eigenvalue weighted by molar-refractivity contribution is 7.89. The minimum absolute atomic E-state index is 0.106. The molecular weight excluding hydrogens is 354 g/mol. The molecule has 1 atom stereocenters. The molecule has 1 aromatic carbocycles. The van der Waals surface area contributed by atoms with E-state index in [9.17, 15) is 8.42 Å². The smallest absolute Gasteiger partial charge is 0.316 e. The average Bonchev–Trinajstić information content (AvgIpc) is 2.68. The number of ether oxygens (including phenoxy) is 2. The van der Waals surface area contributed by atoms with Crippen LogP contribution in [0, 0.1) is 12.8 Å². The zero-order valence-electron chi connectivity index (χ0n) is 15.0. The third-order valence-electron chi connectivity index (χ3n) is 4.37. The number of sulfonamides is 1. The highest BCUT2D eigenvalue weighted by atomic mass is 32.2. The van der Waals surface area contributed by atoms with Gasteiger partial charge in [-0.15, -0.1) is 0 Å². The Balaban J connectivity index is 1.66. The molecule has 1 saturated heterocycles. The molecule has 0 spiro atoms. The van der Waals surface area contributed by atoms with Crippen LogP contribution in [-0.4, -0.2) is 49.5 Å². The molecule has 1 aromatic heterocycles. The standard InChI is InChI=1S/C18H23N3O4S/c1-14-10-19-18(20-11-14)25-13-15-5-4-8-21(12-15)26(22,23)17-7-3-6-16(9-17)24-2/h3,6-7,9-11,15H,4-5,8,12-13H2,1-2H3. The summed E-state index contributed by atoms with van der Waals surface area (Å²) in [5, 5.41) is 0. The van der Waals surface area contributed by atoms with Crippen LogP contribution >= 0.6 is 0 Å². The highest BCUT2D eigenvalue weighted by Gasteiger charge is 2.30. The van der Waals surface area contributed by atoms with E-state index < -0.39 is 10.0 Å². The number of hydrogen-bond donors (Lipinski definition) is 0. The van der Waals surface area contributed by atoms with Crippen molar-refractivity contribution >= 4 is 10.0 Å². The summed E-state index contributed by atoms with van der Waals surface area (Å²) in [6.07, 6.45) is 5.10. The summed E-state index contributed by atoms with van der Waals surface area (Å²) in [6.45, 7) is 3.24. The number of hydrogen-bond acceptors (Lipinski definition) is 6.